The van der Waals surface area contributed by atoms with Crippen molar-refractivity contribution >= 4 is 71.2 Å². The zero-order chi connectivity index (χ0) is 25.7. The van der Waals surface area contributed by atoms with Crippen molar-refractivity contribution in [2.75, 3.05) is 0 Å². The quantitative estimate of drug-likeness (QED) is 0.217. The molecule has 0 fully saturated rings. The first-order valence-corrected chi connectivity index (χ1v) is 13.9. The lowest BCUT2D eigenvalue weighted by molar-refractivity contribution is 0.779. The van der Waals surface area contributed by atoms with E-state index in [4.69, 9.17) is 0 Å². The summed E-state index contributed by atoms with van der Waals surface area (Å²) in [6.45, 7) is 2.38. The van der Waals surface area contributed by atoms with Gasteiger partial charge in [-0.15, -0.1) is 0 Å². The van der Waals surface area contributed by atoms with Gasteiger partial charge in [0.2, 0.25) is 0 Å². The summed E-state index contributed by atoms with van der Waals surface area (Å²) >= 11 is 0. The van der Waals surface area contributed by atoms with Crippen molar-refractivity contribution < 1.29 is 0 Å². The molecule has 1 aliphatic carbocycles. The lowest BCUT2D eigenvalue weighted by Gasteiger charge is -2.23. The van der Waals surface area contributed by atoms with Gasteiger partial charge in [-0.05, 0) is 53.1 Å². The number of fused-ring (bicyclic) bond motifs is 15. The molecule has 0 radical (unpaired) electrons. The van der Waals surface area contributed by atoms with Crippen molar-refractivity contribution in [3.63, 3.8) is 0 Å². The van der Waals surface area contributed by atoms with Crippen LogP contribution in [0.25, 0.3) is 76.9 Å². The van der Waals surface area contributed by atoms with Gasteiger partial charge in [0.25, 0.3) is 0 Å². The molecule has 6 aromatic carbocycles. The zero-order valence-electron chi connectivity index (χ0n) is 21.7. The molecule has 9 rings (SSSR count). The summed E-state index contributed by atoms with van der Waals surface area (Å²) in [4.78, 5) is 3.87. The smallest absolute Gasteiger partial charge is 0.0626 e. The van der Waals surface area contributed by atoms with E-state index < -0.39 is 0 Å². The van der Waals surface area contributed by atoms with E-state index in [0.29, 0.717) is 5.92 Å². The van der Waals surface area contributed by atoms with E-state index >= 15 is 0 Å². The molecule has 8 aromatic rings. The van der Waals surface area contributed by atoms with Crippen molar-refractivity contribution in [1.29, 1.82) is 0 Å². The number of nitrogens with one attached hydrogen (secondary N) is 1. The molecule has 184 valence electrons. The van der Waals surface area contributed by atoms with E-state index in [2.05, 4.69) is 132 Å². The summed E-state index contributed by atoms with van der Waals surface area (Å²) in [6.07, 6.45) is 5.83. The Morgan fingerprint density at radius 3 is 2.18 bits per heavy atom. The van der Waals surface area contributed by atoms with Gasteiger partial charge in [0.1, 0.15) is 0 Å². The van der Waals surface area contributed by atoms with Gasteiger partial charge in [-0.1, -0.05) is 97.9 Å². The Balaban J connectivity index is 1.70. The molecule has 0 bridgehead atoms. The van der Waals surface area contributed by atoms with Crippen LogP contribution in [-0.2, 0) is 0 Å². The summed E-state index contributed by atoms with van der Waals surface area (Å²) in [6, 6.07) is 37.6. The largest absolute Gasteiger partial charge is 0.354 e. The highest BCUT2D eigenvalue weighted by Gasteiger charge is 2.27. The molecule has 1 atom stereocenters. The van der Waals surface area contributed by atoms with Crippen LogP contribution in [0.5, 0.6) is 0 Å². The van der Waals surface area contributed by atoms with Crippen molar-refractivity contribution in [2.24, 2.45) is 0 Å². The van der Waals surface area contributed by atoms with Gasteiger partial charge < -0.3 is 9.55 Å². The number of aromatic nitrogens is 2. The van der Waals surface area contributed by atoms with Crippen LogP contribution in [0.2, 0.25) is 0 Å². The highest BCUT2D eigenvalue weighted by atomic mass is 15.0. The average Bonchev–Trinajstić information content (AvgIpc) is 3.54. The molecule has 39 heavy (non-hydrogen) atoms. The highest BCUT2D eigenvalue weighted by molar-refractivity contribution is 6.40. The number of para-hydroxylation sites is 3. The third kappa shape index (κ3) is 2.66. The normalized spacial score (nSPS) is 15.4. The van der Waals surface area contributed by atoms with Crippen LogP contribution in [0.15, 0.2) is 109 Å². The van der Waals surface area contributed by atoms with Gasteiger partial charge in [-0.3, -0.25) is 0 Å². The molecule has 2 nitrogen and oxygen atoms in total. The number of rotatable bonds is 1. The number of benzene rings is 6. The second-order valence-corrected chi connectivity index (χ2v) is 11.0. The number of allylic oxidation sites excluding steroid dienone is 1. The maximum Gasteiger partial charge on any atom is 0.0626 e. The standard InChI is InChI=1S/C37H26N2/c1-22-12-11-19-28-31(22)36-34(26-17-7-9-20-29(26)38-36)32-24-15-5-6-16-25(24)37-35(33(28)32)27-18-8-10-21-30(27)39(37)23-13-3-2-4-14-23/h2-11,13-22,38H,12H2,1H3. The second-order valence-electron chi connectivity index (χ2n) is 11.0. The van der Waals surface area contributed by atoms with E-state index in [1.165, 1.54) is 82.0 Å². The molecule has 1 aliphatic rings. The first-order chi connectivity index (χ1) is 19.3. The molecule has 0 amide bonds. The summed E-state index contributed by atoms with van der Waals surface area (Å²) in [5.74, 6) is 0.439. The number of H-pyrrole nitrogens is 1. The zero-order valence-corrected chi connectivity index (χ0v) is 21.7. The fraction of sp³-hybridized carbons (Fsp3) is 0.0811. The molecule has 0 saturated carbocycles. The number of hydrogen-bond donors (Lipinski definition) is 1. The molecular weight excluding hydrogens is 472 g/mol. The number of hydrogen-bond acceptors (Lipinski definition) is 0. The second kappa shape index (κ2) is 7.61. The molecule has 2 heteroatoms. The third-order valence-corrected chi connectivity index (χ3v) is 8.89. The van der Waals surface area contributed by atoms with Crippen LogP contribution in [0.4, 0.5) is 0 Å². The molecule has 0 spiro atoms. The third-order valence-electron chi connectivity index (χ3n) is 8.89. The highest BCUT2D eigenvalue weighted by Crippen LogP contribution is 2.50. The predicted molar refractivity (Wildman–Crippen MR) is 167 cm³/mol. The van der Waals surface area contributed by atoms with Crippen LogP contribution in [0.1, 0.15) is 30.4 Å². The molecule has 1 N–H and O–H groups in total. The average molecular weight is 499 g/mol. The monoisotopic (exact) mass is 498 g/mol. The van der Waals surface area contributed by atoms with Crippen molar-refractivity contribution in [2.45, 2.75) is 19.3 Å². The Kier molecular flexibility index (Phi) is 4.13. The van der Waals surface area contributed by atoms with Gasteiger partial charge in [0.15, 0.2) is 0 Å². The molecule has 0 saturated heterocycles. The van der Waals surface area contributed by atoms with Crippen molar-refractivity contribution in [1.82, 2.24) is 9.55 Å². The minimum Gasteiger partial charge on any atom is -0.354 e. The van der Waals surface area contributed by atoms with Crippen LogP contribution in [0.3, 0.4) is 0 Å². The Labute approximate surface area is 225 Å². The summed E-state index contributed by atoms with van der Waals surface area (Å²) in [7, 11) is 0. The van der Waals surface area contributed by atoms with Crippen molar-refractivity contribution in [3.05, 3.63) is 120 Å². The molecular formula is C37H26N2. The SMILES string of the molecule is CC1CC=Cc2c1c1[nH]c3ccccc3c1c1c3ccccc3c3c(c4ccccc4n3-c3ccccc3)c21. The van der Waals surface area contributed by atoms with Gasteiger partial charge >= 0.3 is 0 Å². The maximum atomic E-state index is 3.87. The van der Waals surface area contributed by atoms with E-state index in [9.17, 15) is 0 Å². The minimum atomic E-state index is 0.439. The summed E-state index contributed by atoms with van der Waals surface area (Å²) in [5.41, 5.74) is 9.06. The molecule has 1 unspecified atom stereocenters. The Morgan fingerprint density at radius 1 is 0.641 bits per heavy atom. The van der Waals surface area contributed by atoms with Gasteiger partial charge in [-0.2, -0.15) is 0 Å². The topological polar surface area (TPSA) is 20.7 Å². The fourth-order valence-electron chi connectivity index (χ4n) is 7.36. The summed E-state index contributed by atoms with van der Waals surface area (Å²) < 4.78 is 2.48. The summed E-state index contributed by atoms with van der Waals surface area (Å²) in [5, 5.41) is 10.7. The predicted octanol–water partition coefficient (Wildman–Crippen LogP) is 10.2. The van der Waals surface area contributed by atoms with Gasteiger partial charge in [0, 0.05) is 48.9 Å². The Morgan fingerprint density at radius 2 is 1.33 bits per heavy atom. The van der Waals surface area contributed by atoms with Gasteiger partial charge in [0.05, 0.1) is 16.6 Å². The van der Waals surface area contributed by atoms with E-state index in [1.54, 1.807) is 0 Å². The first-order valence-electron chi connectivity index (χ1n) is 13.9. The van der Waals surface area contributed by atoms with Crippen molar-refractivity contribution in [3.8, 4) is 5.69 Å². The van der Waals surface area contributed by atoms with E-state index in [-0.39, 0.29) is 0 Å². The number of aromatic amines is 1. The maximum absolute atomic E-state index is 3.87. The van der Waals surface area contributed by atoms with E-state index in [0.717, 1.165) is 6.42 Å². The van der Waals surface area contributed by atoms with E-state index in [1.807, 2.05) is 0 Å². The molecule has 2 heterocycles. The fourth-order valence-corrected chi connectivity index (χ4v) is 7.36. The van der Waals surface area contributed by atoms with Crippen LogP contribution >= 0.6 is 0 Å². The first kappa shape index (κ1) is 21.2. The number of nitrogens with zero attached hydrogens (tertiary/aromatic N) is 1. The van der Waals surface area contributed by atoms with Crippen LogP contribution < -0.4 is 0 Å². The molecule has 2 aromatic heterocycles. The van der Waals surface area contributed by atoms with Gasteiger partial charge in [-0.25, -0.2) is 0 Å². The Bertz CT molecular complexity index is 2310. The lowest BCUT2D eigenvalue weighted by atomic mass is 9.81. The minimum absolute atomic E-state index is 0.439. The lowest BCUT2D eigenvalue weighted by Crippen LogP contribution is -2.03. The molecule has 0 aliphatic heterocycles. The van der Waals surface area contributed by atoms with Crippen LogP contribution in [0, 0.1) is 0 Å². The Hall–Kier alpha value is -4.82. The van der Waals surface area contributed by atoms with Crippen LogP contribution in [-0.4, -0.2) is 9.55 Å².